The summed E-state index contributed by atoms with van der Waals surface area (Å²) in [6.07, 6.45) is 2.04. The standard InChI is InChI=1S/C60H36N6S2/c61-36-38-33-43(54(63-45-21-5-1-17-39(45)40-18-2-6-22-46(40)63)34-53(38)65-49-25-9-13-29-56(49)67-57-30-14-10-26-50(57)65)44-37-62-60(66-51-27-11-15-31-58(51)68-59-32-16-12-28-52(59)66)35-55(44)64-47-23-7-3-19-41(47)42-20-4-8-24-48(42)64/h1-35,37H. The minimum atomic E-state index is 0.550. The number of rotatable bonds is 5. The maximum Gasteiger partial charge on any atom is 0.139 e. The van der Waals surface area contributed by atoms with Crippen molar-refractivity contribution in [1.82, 2.24) is 14.1 Å². The number of para-hydroxylation sites is 8. The van der Waals surface area contributed by atoms with E-state index in [9.17, 15) is 5.26 Å². The minimum absolute atomic E-state index is 0.550. The summed E-state index contributed by atoms with van der Waals surface area (Å²) in [5, 5.41) is 16.1. The third-order valence-electron chi connectivity index (χ3n) is 13.4. The average Bonchev–Trinajstić information content (AvgIpc) is 3.92. The molecular formula is C60H36N6S2. The van der Waals surface area contributed by atoms with E-state index in [1.54, 1.807) is 23.5 Å². The molecule has 14 rings (SSSR count). The summed E-state index contributed by atoms with van der Waals surface area (Å²) < 4.78 is 4.78. The molecule has 0 unspecified atom stereocenters. The van der Waals surface area contributed by atoms with Crippen LogP contribution >= 0.6 is 23.5 Å². The average molecular weight is 905 g/mol. The van der Waals surface area contributed by atoms with Gasteiger partial charge in [0.05, 0.1) is 67.4 Å². The highest BCUT2D eigenvalue weighted by Gasteiger charge is 2.31. The molecule has 0 saturated carbocycles. The lowest BCUT2D eigenvalue weighted by Crippen LogP contribution is -2.17. The van der Waals surface area contributed by atoms with Crippen molar-refractivity contribution >= 4 is 101 Å². The second-order valence-corrected chi connectivity index (χ2v) is 19.2. The summed E-state index contributed by atoms with van der Waals surface area (Å²) in [6.45, 7) is 0. The van der Waals surface area contributed by atoms with Gasteiger partial charge in [-0.05, 0) is 84.9 Å². The van der Waals surface area contributed by atoms with Gasteiger partial charge in [0, 0.05) is 64.5 Å². The first kappa shape index (κ1) is 38.8. The van der Waals surface area contributed by atoms with Crippen LogP contribution in [0.4, 0.5) is 34.3 Å². The Bertz CT molecular complexity index is 3910. The Morgan fingerprint density at radius 3 is 1.15 bits per heavy atom. The lowest BCUT2D eigenvalue weighted by atomic mass is 9.97. The highest BCUT2D eigenvalue weighted by atomic mass is 32.2. The second kappa shape index (κ2) is 15.3. The summed E-state index contributed by atoms with van der Waals surface area (Å²) in [4.78, 5) is 14.6. The third kappa shape index (κ3) is 5.77. The van der Waals surface area contributed by atoms with Gasteiger partial charge in [0.25, 0.3) is 0 Å². The van der Waals surface area contributed by atoms with Crippen LogP contribution < -0.4 is 9.80 Å². The number of pyridine rings is 1. The summed E-state index contributed by atoms with van der Waals surface area (Å²) in [6, 6.07) is 78.0. The molecule has 0 saturated heterocycles. The van der Waals surface area contributed by atoms with Gasteiger partial charge in [-0.15, -0.1) is 0 Å². The van der Waals surface area contributed by atoms with Crippen molar-refractivity contribution in [2.45, 2.75) is 19.6 Å². The SMILES string of the molecule is N#Cc1cc(-c2cnc(N3c4ccccc4Sc4ccccc43)cc2-n2c3ccccc3c3ccccc32)c(-n2c3ccccc3c3ccccc32)cc1N1c2ccccc2Sc2ccccc21. The third-order valence-corrected chi connectivity index (χ3v) is 15.6. The molecule has 68 heavy (non-hydrogen) atoms. The van der Waals surface area contributed by atoms with E-state index in [1.165, 1.54) is 0 Å². The molecule has 6 nitrogen and oxygen atoms in total. The topological polar surface area (TPSA) is 53.0 Å². The van der Waals surface area contributed by atoms with E-state index in [1.807, 2.05) is 6.20 Å². The zero-order valence-corrected chi connectivity index (χ0v) is 37.9. The fourth-order valence-corrected chi connectivity index (χ4v) is 12.6. The van der Waals surface area contributed by atoms with Crippen LogP contribution in [0.5, 0.6) is 0 Å². The van der Waals surface area contributed by atoms with Crippen molar-refractivity contribution in [2.24, 2.45) is 0 Å². The zero-order chi connectivity index (χ0) is 44.9. The Hall–Kier alpha value is -8.48. The quantitative estimate of drug-likeness (QED) is 0.172. The van der Waals surface area contributed by atoms with Gasteiger partial charge in [-0.1, -0.05) is 145 Å². The zero-order valence-electron chi connectivity index (χ0n) is 36.3. The van der Waals surface area contributed by atoms with Gasteiger partial charge in [-0.2, -0.15) is 5.26 Å². The fourth-order valence-electron chi connectivity index (χ4n) is 10.5. The lowest BCUT2D eigenvalue weighted by molar-refractivity contribution is 1.09. The Labute approximate surface area is 400 Å². The van der Waals surface area contributed by atoms with Crippen molar-refractivity contribution < 1.29 is 0 Å². The van der Waals surface area contributed by atoms with E-state index in [2.05, 4.69) is 237 Å². The summed E-state index contributed by atoms with van der Waals surface area (Å²) in [5.41, 5.74) is 13.5. The summed E-state index contributed by atoms with van der Waals surface area (Å²) in [5.74, 6) is 0.792. The highest BCUT2D eigenvalue weighted by Crippen LogP contribution is 2.55. The van der Waals surface area contributed by atoms with Crippen LogP contribution in [0.25, 0.3) is 66.1 Å². The van der Waals surface area contributed by atoms with Crippen molar-refractivity contribution in [3.8, 4) is 28.6 Å². The van der Waals surface area contributed by atoms with Crippen molar-refractivity contribution in [2.75, 3.05) is 9.80 Å². The van der Waals surface area contributed by atoms with E-state index in [4.69, 9.17) is 4.98 Å². The second-order valence-electron chi connectivity index (χ2n) is 17.0. The van der Waals surface area contributed by atoms with Gasteiger partial charge in [0.1, 0.15) is 11.9 Å². The number of benzene rings is 9. The van der Waals surface area contributed by atoms with Crippen molar-refractivity contribution in [3.63, 3.8) is 0 Å². The molecule has 8 heteroatoms. The first-order valence-electron chi connectivity index (χ1n) is 22.6. The van der Waals surface area contributed by atoms with E-state index in [-0.39, 0.29) is 0 Å². The van der Waals surface area contributed by atoms with Crippen LogP contribution in [0, 0.1) is 11.3 Å². The predicted molar refractivity (Wildman–Crippen MR) is 281 cm³/mol. The molecule has 9 aromatic carbocycles. The Morgan fingerprint density at radius 1 is 0.353 bits per heavy atom. The molecule has 12 aromatic rings. The monoisotopic (exact) mass is 904 g/mol. The van der Waals surface area contributed by atoms with Gasteiger partial charge in [-0.3, -0.25) is 4.90 Å². The van der Waals surface area contributed by atoms with Crippen LogP contribution in [0.15, 0.2) is 238 Å². The molecule has 0 atom stereocenters. The number of anilines is 6. The fraction of sp³-hybridized carbons (Fsp3) is 0. The maximum atomic E-state index is 11.5. The number of aromatic nitrogens is 3. The molecular weight excluding hydrogens is 869 g/mol. The minimum Gasteiger partial charge on any atom is -0.309 e. The maximum absolute atomic E-state index is 11.5. The van der Waals surface area contributed by atoms with Crippen LogP contribution in [0.3, 0.4) is 0 Å². The highest BCUT2D eigenvalue weighted by molar-refractivity contribution is 8.00. The van der Waals surface area contributed by atoms with Crippen LogP contribution in [0.2, 0.25) is 0 Å². The molecule has 318 valence electrons. The number of nitriles is 1. The molecule has 3 aromatic heterocycles. The molecule has 5 heterocycles. The van der Waals surface area contributed by atoms with E-state index >= 15 is 0 Å². The van der Waals surface area contributed by atoms with Crippen LogP contribution in [-0.4, -0.2) is 14.1 Å². The Balaban J connectivity index is 1.12. The predicted octanol–water partition coefficient (Wildman–Crippen LogP) is 16.7. The number of hydrogen-bond acceptors (Lipinski definition) is 6. The molecule has 2 aliphatic rings. The molecule has 0 N–H and O–H groups in total. The smallest absolute Gasteiger partial charge is 0.139 e. The molecule has 0 aliphatic carbocycles. The van der Waals surface area contributed by atoms with E-state index in [0.717, 1.165) is 120 Å². The molecule has 0 bridgehead atoms. The van der Waals surface area contributed by atoms with Gasteiger partial charge >= 0.3 is 0 Å². The first-order valence-corrected chi connectivity index (χ1v) is 24.2. The van der Waals surface area contributed by atoms with Gasteiger partial charge in [-0.25, -0.2) is 4.98 Å². The van der Waals surface area contributed by atoms with Gasteiger partial charge < -0.3 is 14.0 Å². The molecule has 0 radical (unpaired) electrons. The lowest BCUT2D eigenvalue weighted by Gasteiger charge is -2.34. The number of hydrogen-bond donors (Lipinski definition) is 0. The van der Waals surface area contributed by atoms with E-state index < -0.39 is 0 Å². The Morgan fingerprint density at radius 2 is 0.721 bits per heavy atom. The van der Waals surface area contributed by atoms with Crippen molar-refractivity contribution in [3.05, 3.63) is 224 Å². The van der Waals surface area contributed by atoms with Crippen LogP contribution in [-0.2, 0) is 0 Å². The molecule has 0 fully saturated rings. The van der Waals surface area contributed by atoms with Gasteiger partial charge in [0.2, 0.25) is 0 Å². The van der Waals surface area contributed by atoms with Crippen molar-refractivity contribution in [1.29, 1.82) is 5.26 Å². The number of fused-ring (bicyclic) bond motifs is 10. The summed E-state index contributed by atoms with van der Waals surface area (Å²) >= 11 is 3.54. The summed E-state index contributed by atoms with van der Waals surface area (Å²) in [7, 11) is 0. The van der Waals surface area contributed by atoms with Crippen LogP contribution in [0.1, 0.15) is 5.56 Å². The largest absolute Gasteiger partial charge is 0.309 e. The number of nitrogens with zero attached hydrogens (tertiary/aromatic N) is 6. The van der Waals surface area contributed by atoms with E-state index in [0.29, 0.717) is 5.56 Å². The normalized spacial score (nSPS) is 12.8. The van der Waals surface area contributed by atoms with Gasteiger partial charge in [0.15, 0.2) is 0 Å². The first-order chi connectivity index (χ1) is 33.7. The Kier molecular flexibility index (Phi) is 8.72. The molecule has 0 amide bonds. The molecule has 2 aliphatic heterocycles. The molecule has 0 spiro atoms.